The Kier molecular flexibility index (Phi) is 11.1. The van der Waals surface area contributed by atoms with Gasteiger partial charge in [0.25, 0.3) is 0 Å². The number of benzene rings is 2. The molecule has 0 N–H and O–H groups in total. The maximum atomic E-state index is 10.8. The summed E-state index contributed by atoms with van der Waals surface area (Å²) in [5, 5.41) is 0. The lowest BCUT2D eigenvalue weighted by Crippen LogP contribution is -2.01. The summed E-state index contributed by atoms with van der Waals surface area (Å²) in [6, 6.07) is 15.5. The van der Waals surface area contributed by atoms with Crippen LogP contribution in [0.1, 0.15) is 45.7 Å². The zero-order chi connectivity index (χ0) is 17.7. The van der Waals surface area contributed by atoms with E-state index < -0.39 is 0 Å². The second-order valence-electron chi connectivity index (χ2n) is 4.26. The van der Waals surface area contributed by atoms with Crippen LogP contribution in [0, 0.1) is 0 Å². The van der Waals surface area contributed by atoms with Crippen molar-refractivity contribution >= 4 is 5.97 Å². The van der Waals surface area contributed by atoms with Crippen LogP contribution in [-0.4, -0.2) is 13.1 Å². The van der Waals surface area contributed by atoms with Gasteiger partial charge in [0.15, 0.2) is 0 Å². The monoisotopic (exact) mass is 316 g/mol. The number of carbonyl (C=O) groups excluding carboxylic acids is 1. The van der Waals surface area contributed by atoms with Crippen LogP contribution in [-0.2, 0) is 11.2 Å². The first-order chi connectivity index (χ1) is 11.2. The fourth-order valence-electron chi connectivity index (χ4n) is 1.82. The molecule has 0 aliphatic heterocycles. The van der Waals surface area contributed by atoms with Crippen LogP contribution in [0.3, 0.4) is 0 Å². The molecule has 126 valence electrons. The van der Waals surface area contributed by atoms with Gasteiger partial charge in [-0.15, -0.1) is 0 Å². The summed E-state index contributed by atoms with van der Waals surface area (Å²) in [5.41, 5.74) is 2.38. The molecule has 23 heavy (non-hydrogen) atoms. The first-order valence-corrected chi connectivity index (χ1v) is 8.07. The second kappa shape index (κ2) is 12.3. The summed E-state index contributed by atoms with van der Waals surface area (Å²) in [6.07, 6.45) is 0.838. The third-order valence-electron chi connectivity index (χ3n) is 2.75. The molecule has 0 aliphatic rings. The summed E-state index contributed by atoms with van der Waals surface area (Å²) in [5.74, 6) is 1.13. The molecule has 0 bridgehead atoms. The van der Waals surface area contributed by atoms with Crippen molar-refractivity contribution in [2.45, 2.75) is 41.0 Å². The van der Waals surface area contributed by atoms with Gasteiger partial charge in [-0.05, 0) is 41.8 Å². The van der Waals surface area contributed by atoms with E-state index in [0.29, 0.717) is 5.75 Å². The van der Waals surface area contributed by atoms with Gasteiger partial charge in [-0.2, -0.15) is 0 Å². The second-order valence-corrected chi connectivity index (χ2v) is 4.26. The summed E-state index contributed by atoms with van der Waals surface area (Å²) < 4.78 is 10.1. The molecule has 0 unspecified atom stereocenters. The minimum atomic E-state index is -0.303. The summed E-state index contributed by atoms with van der Waals surface area (Å²) in [6.45, 7) is 9.39. The molecule has 2 aromatic carbocycles. The zero-order valence-electron chi connectivity index (χ0n) is 15.1. The molecule has 0 spiro atoms. The highest BCUT2D eigenvalue weighted by molar-refractivity contribution is 5.69. The molecule has 0 radical (unpaired) electrons. The molecule has 3 heteroatoms. The molecular weight excluding hydrogens is 288 g/mol. The molecule has 0 amide bonds. The van der Waals surface area contributed by atoms with Gasteiger partial charge in [-0.25, -0.2) is 0 Å². The Morgan fingerprint density at radius 1 is 0.783 bits per heavy atom. The van der Waals surface area contributed by atoms with Crippen LogP contribution < -0.4 is 9.47 Å². The predicted molar refractivity (Wildman–Crippen MR) is 96.2 cm³/mol. The standard InChI is InChI=1S/C16H16O3.2C2H6/c1-12(17)19-16-9-5-14(6-10-16)11-13-3-7-15(18-2)8-4-13;2*1-2/h3-10H,11H2,1-2H3;2*1-2H3. The van der Waals surface area contributed by atoms with E-state index in [2.05, 4.69) is 0 Å². The summed E-state index contributed by atoms with van der Waals surface area (Å²) >= 11 is 0. The molecule has 3 nitrogen and oxygen atoms in total. The molecule has 0 atom stereocenters. The van der Waals surface area contributed by atoms with E-state index in [-0.39, 0.29) is 5.97 Å². The number of methoxy groups -OCH3 is 1. The Bertz CT molecular complexity index is 542. The lowest BCUT2D eigenvalue weighted by Gasteiger charge is -2.05. The average molecular weight is 316 g/mol. The maximum Gasteiger partial charge on any atom is 0.308 e. The van der Waals surface area contributed by atoms with E-state index in [0.717, 1.165) is 12.2 Å². The summed E-state index contributed by atoms with van der Waals surface area (Å²) in [4.78, 5) is 10.8. The van der Waals surface area contributed by atoms with E-state index in [4.69, 9.17) is 9.47 Å². The normalized spacial score (nSPS) is 8.78. The van der Waals surface area contributed by atoms with Crippen molar-refractivity contribution in [3.05, 3.63) is 59.7 Å². The Labute approximate surface area is 140 Å². The topological polar surface area (TPSA) is 35.5 Å². The van der Waals surface area contributed by atoms with Crippen LogP contribution >= 0.6 is 0 Å². The van der Waals surface area contributed by atoms with Crippen LogP contribution in [0.15, 0.2) is 48.5 Å². The number of esters is 1. The van der Waals surface area contributed by atoms with E-state index in [1.165, 1.54) is 18.1 Å². The molecule has 0 saturated heterocycles. The molecular formula is C20H28O3. The highest BCUT2D eigenvalue weighted by Crippen LogP contribution is 2.17. The van der Waals surface area contributed by atoms with E-state index in [1.807, 2.05) is 64.1 Å². The average Bonchev–Trinajstić information content (AvgIpc) is 2.60. The van der Waals surface area contributed by atoms with Gasteiger partial charge in [0.1, 0.15) is 11.5 Å². The molecule has 0 aliphatic carbocycles. The third kappa shape index (κ3) is 8.05. The predicted octanol–water partition coefficient (Wildman–Crippen LogP) is 5.26. The van der Waals surface area contributed by atoms with E-state index in [9.17, 15) is 4.79 Å². The van der Waals surface area contributed by atoms with Crippen LogP contribution in [0.25, 0.3) is 0 Å². The fourth-order valence-corrected chi connectivity index (χ4v) is 1.82. The van der Waals surface area contributed by atoms with E-state index >= 15 is 0 Å². The lowest BCUT2D eigenvalue weighted by atomic mass is 10.0. The van der Waals surface area contributed by atoms with Crippen molar-refractivity contribution in [1.29, 1.82) is 0 Å². The van der Waals surface area contributed by atoms with Crippen molar-refractivity contribution in [2.24, 2.45) is 0 Å². The first kappa shape index (κ1) is 20.7. The van der Waals surface area contributed by atoms with Gasteiger partial charge in [0, 0.05) is 6.92 Å². The number of carbonyl (C=O) groups is 1. The van der Waals surface area contributed by atoms with Crippen molar-refractivity contribution in [1.82, 2.24) is 0 Å². The van der Waals surface area contributed by atoms with E-state index in [1.54, 1.807) is 19.2 Å². The minimum absolute atomic E-state index is 0.303. The van der Waals surface area contributed by atoms with Gasteiger partial charge >= 0.3 is 5.97 Å². The van der Waals surface area contributed by atoms with Crippen LogP contribution in [0.4, 0.5) is 0 Å². The SMILES string of the molecule is CC.CC.COc1ccc(Cc2ccc(OC(C)=O)cc2)cc1. The zero-order valence-corrected chi connectivity index (χ0v) is 15.1. The third-order valence-corrected chi connectivity index (χ3v) is 2.75. The van der Waals surface area contributed by atoms with Gasteiger partial charge in [0.05, 0.1) is 7.11 Å². The molecule has 0 saturated carbocycles. The minimum Gasteiger partial charge on any atom is -0.497 e. The number of hydrogen-bond donors (Lipinski definition) is 0. The Morgan fingerprint density at radius 2 is 1.17 bits per heavy atom. The molecule has 0 fully saturated rings. The largest absolute Gasteiger partial charge is 0.497 e. The number of hydrogen-bond acceptors (Lipinski definition) is 3. The van der Waals surface area contributed by atoms with Gasteiger partial charge in [-0.1, -0.05) is 52.0 Å². The van der Waals surface area contributed by atoms with Crippen molar-refractivity contribution < 1.29 is 14.3 Å². The lowest BCUT2D eigenvalue weighted by molar-refractivity contribution is -0.131. The van der Waals surface area contributed by atoms with Crippen molar-refractivity contribution in [2.75, 3.05) is 7.11 Å². The number of ether oxygens (including phenoxy) is 2. The first-order valence-electron chi connectivity index (χ1n) is 8.07. The van der Waals surface area contributed by atoms with Crippen LogP contribution in [0.5, 0.6) is 11.5 Å². The van der Waals surface area contributed by atoms with Crippen LogP contribution in [0.2, 0.25) is 0 Å². The highest BCUT2D eigenvalue weighted by atomic mass is 16.5. The highest BCUT2D eigenvalue weighted by Gasteiger charge is 2.00. The Balaban J connectivity index is 0.00000112. The Hall–Kier alpha value is -2.29. The summed E-state index contributed by atoms with van der Waals surface area (Å²) in [7, 11) is 1.66. The van der Waals surface area contributed by atoms with Gasteiger partial charge < -0.3 is 9.47 Å². The fraction of sp³-hybridized carbons (Fsp3) is 0.350. The Morgan fingerprint density at radius 3 is 1.52 bits per heavy atom. The van der Waals surface area contributed by atoms with Crippen molar-refractivity contribution in [3.8, 4) is 11.5 Å². The quantitative estimate of drug-likeness (QED) is 0.570. The molecule has 0 aromatic heterocycles. The number of rotatable bonds is 4. The van der Waals surface area contributed by atoms with Crippen molar-refractivity contribution in [3.63, 3.8) is 0 Å². The maximum absolute atomic E-state index is 10.8. The molecule has 2 rings (SSSR count). The molecule has 0 heterocycles. The smallest absolute Gasteiger partial charge is 0.308 e. The molecule has 2 aromatic rings. The van der Waals surface area contributed by atoms with Gasteiger partial charge in [-0.3, -0.25) is 4.79 Å². The van der Waals surface area contributed by atoms with Gasteiger partial charge in [0.2, 0.25) is 0 Å².